The number of benzene rings is 1. The number of amides is 3. The predicted octanol–water partition coefficient (Wildman–Crippen LogP) is 1.72. The van der Waals surface area contributed by atoms with Gasteiger partial charge in [0.1, 0.15) is 0 Å². The van der Waals surface area contributed by atoms with Crippen LogP contribution in [0.2, 0.25) is 0 Å². The smallest absolute Gasteiger partial charge is 0.317 e. The lowest BCUT2D eigenvalue weighted by Gasteiger charge is -2.22. The number of carboxylic acids is 1. The van der Waals surface area contributed by atoms with Gasteiger partial charge in [-0.1, -0.05) is 17.7 Å². The number of carboxylic acid groups (broad SMARTS) is 1. The van der Waals surface area contributed by atoms with E-state index in [1.165, 1.54) is 0 Å². The van der Waals surface area contributed by atoms with Crippen LogP contribution in [0.15, 0.2) is 24.3 Å². The summed E-state index contributed by atoms with van der Waals surface area (Å²) >= 11 is 0. The maximum absolute atomic E-state index is 12.6. The van der Waals surface area contributed by atoms with Gasteiger partial charge in [0.2, 0.25) is 0 Å². The minimum Gasteiger partial charge on any atom is -0.481 e. The zero-order chi connectivity index (χ0) is 18.2. The van der Waals surface area contributed by atoms with Gasteiger partial charge in [0, 0.05) is 44.7 Å². The topological polar surface area (TPSA) is 90.0 Å². The van der Waals surface area contributed by atoms with Crippen molar-refractivity contribution in [3.63, 3.8) is 0 Å². The third kappa shape index (κ3) is 5.77. The number of aliphatic carboxylic acids is 1. The maximum atomic E-state index is 12.6. The molecule has 1 heterocycles. The first kappa shape index (κ1) is 18.8. The lowest BCUT2D eigenvalue weighted by atomic mass is 10.1. The first-order valence-electron chi connectivity index (χ1n) is 8.58. The highest BCUT2D eigenvalue weighted by atomic mass is 16.4. The molecule has 0 bridgehead atoms. The number of carbonyl (C=O) groups excluding carboxylic acids is 2. The van der Waals surface area contributed by atoms with Crippen molar-refractivity contribution in [2.24, 2.45) is 0 Å². The molecule has 0 saturated carbocycles. The van der Waals surface area contributed by atoms with Crippen LogP contribution in [-0.2, 0) is 4.79 Å². The van der Waals surface area contributed by atoms with Crippen LogP contribution >= 0.6 is 0 Å². The highest BCUT2D eigenvalue weighted by Crippen LogP contribution is 2.11. The summed E-state index contributed by atoms with van der Waals surface area (Å²) in [6.07, 6.45) is 1.17. The number of carbonyl (C=O) groups is 3. The van der Waals surface area contributed by atoms with Gasteiger partial charge < -0.3 is 20.2 Å². The highest BCUT2D eigenvalue weighted by molar-refractivity contribution is 5.94. The van der Waals surface area contributed by atoms with Gasteiger partial charge in [-0.25, -0.2) is 4.79 Å². The first-order chi connectivity index (χ1) is 12.0. The standard InChI is InChI=1S/C18H25N3O4/c1-14-5-2-6-15(13-14)17(24)20-9-4-10-21(12-11-20)18(25)19-8-3-7-16(22)23/h2,5-6,13H,3-4,7-12H2,1H3,(H,19,25)(H,22,23). The van der Waals surface area contributed by atoms with Crippen LogP contribution in [0.1, 0.15) is 35.2 Å². The maximum Gasteiger partial charge on any atom is 0.317 e. The molecule has 0 radical (unpaired) electrons. The fourth-order valence-electron chi connectivity index (χ4n) is 2.83. The minimum atomic E-state index is -0.866. The van der Waals surface area contributed by atoms with E-state index in [9.17, 15) is 14.4 Å². The van der Waals surface area contributed by atoms with E-state index in [1.54, 1.807) is 9.80 Å². The third-order valence-corrected chi connectivity index (χ3v) is 4.18. The highest BCUT2D eigenvalue weighted by Gasteiger charge is 2.22. The monoisotopic (exact) mass is 347 g/mol. The molecular formula is C18H25N3O4. The lowest BCUT2D eigenvalue weighted by molar-refractivity contribution is -0.137. The zero-order valence-electron chi connectivity index (χ0n) is 14.5. The second-order valence-corrected chi connectivity index (χ2v) is 6.23. The van der Waals surface area contributed by atoms with E-state index in [2.05, 4.69) is 5.32 Å². The van der Waals surface area contributed by atoms with Gasteiger partial charge in [0.05, 0.1) is 0 Å². The number of hydrogen-bond donors (Lipinski definition) is 2. The normalized spacial score (nSPS) is 14.8. The fourth-order valence-corrected chi connectivity index (χ4v) is 2.83. The molecule has 0 aliphatic carbocycles. The Morgan fingerprint density at radius 3 is 2.56 bits per heavy atom. The molecule has 1 fully saturated rings. The molecule has 7 heteroatoms. The Morgan fingerprint density at radius 1 is 1.12 bits per heavy atom. The van der Waals surface area contributed by atoms with Crippen LogP contribution < -0.4 is 5.32 Å². The molecule has 1 aliphatic heterocycles. The summed E-state index contributed by atoms with van der Waals surface area (Å²) in [6.45, 7) is 4.47. The van der Waals surface area contributed by atoms with Crippen LogP contribution in [0.25, 0.3) is 0 Å². The number of nitrogens with zero attached hydrogens (tertiary/aromatic N) is 2. The Morgan fingerprint density at radius 2 is 1.84 bits per heavy atom. The number of rotatable bonds is 5. The Bertz CT molecular complexity index is 633. The van der Waals surface area contributed by atoms with E-state index >= 15 is 0 Å². The summed E-state index contributed by atoms with van der Waals surface area (Å²) in [5, 5.41) is 11.3. The largest absolute Gasteiger partial charge is 0.481 e. The van der Waals surface area contributed by atoms with Gasteiger partial charge in [0.15, 0.2) is 0 Å². The van der Waals surface area contributed by atoms with Gasteiger partial charge in [-0.2, -0.15) is 0 Å². The first-order valence-corrected chi connectivity index (χ1v) is 8.58. The second-order valence-electron chi connectivity index (χ2n) is 6.23. The quantitative estimate of drug-likeness (QED) is 0.794. The molecule has 1 aromatic rings. The molecule has 7 nitrogen and oxygen atoms in total. The summed E-state index contributed by atoms with van der Waals surface area (Å²) in [5.74, 6) is -0.873. The van der Waals surface area contributed by atoms with Crippen molar-refractivity contribution in [1.82, 2.24) is 15.1 Å². The summed E-state index contributed by atoms with van der Waals surface area (Å²) in [5.41, 5.74) is 1.72. The van der Waals surface area contributed by atoms with Crippen molar-refractivity contribution in [3.05, 3.63) is 35.4 Å². The van der Waals surface area contributed by atoms with E-state index in [-0.39, 0.29) is 18.4 Å². The minimum absolute atomic E-state index is 0.00702. The van der Waals surface area contributed by atoms with E-state index < -0.39 is 5.97 Å². The molecule has 136 valence electrons. The number of hydrogen-bond acceptors (Lipinski definition) is 3. The summed E-state index contributed by atoms with van der Waals surface area (Å²) < 4.78 is 0. The predicted molar refractivity (Wildman–Crippen MR) is 93.5 cm³/mol. The Kier molecular flexibility index (Phi) is 6.80. The Labute approximate surface area is 147 Å². The van der Waals surface area contributed by atoms with Crippen LogP contribution in [-0.4, -0.2) is 65.5 Å². The van der Waals surface area contributed by atoms with Gasteiger partial charge >= 0.3 is 12.0 Å². The van der Waals surface area contributed by atoms with E-state index in [1.807, 2.05) is 31.2 Å². The molecule has 1 saturated heterocycles. The number of nitrogens with one attached hydrogen (secondary N) is 1. The SMILES string of the molecule is Cc1cccc(C(=O)N2CCCN(C(=O)NCCCC(=O)O)CC2)c1. The zero-order valence-corrected chi connectivity index (χ0v) is 14.5. The van der Waals surface area contributed by atoms with Crippen LogP contribution in [0.4, 0.5) is 4.79 Å². The molecule has 1 aliphatic rings. The molecule has 3 amide bonds. The summed E-state index contributed by atoms with van der Waals surface area (Å²) in [6, 6.07) is 7.32. The average molecular weight is 347 g/mol. The molecule has 0 unspecified atom stereocenters. The molecular weight excluding hydrogens is 322 g/mol. The van der Waals surface area contributed by atoms with Crippen molar-refractivity contribution >= 4 is 17.9 Å². The Hall–Kier alpha value is -2.57. The van der Waals surface area contributed by atoms with Gasteiger partial charge in [-0.15, -0.1) is 0 Å². The van der Waals surface area contributed by atoms with Crippen molar-refractivity contribution in [2.45, 2.75) is 26.2 Å². The van der Waals surface area contributed by atoms with Gasteiger partial charge in [0.25, 0.3) is 5.91 Å². The van der Waals surface area contributed by atoms with Crippen LogP contribution in [0.5, 0.6) is 0 Å². The van der Waals surface area contributed by atoms with Crippen LogP contribution in [0, 0.1) is 6.92 Å². The molecule has 0 spiro atoms. The molecule has 1 aromatic carbocycles. The Balaban J connectivity index is 1.84. The molecule has 2 rings (SSSR count). The fraction of sp³-hybridized carbons (Fsp3) is 0.500. The van der Waals surface area contributed by atoms with E-state index in [4.69, 9.17) is 5.11 Å². The van der Waals surface area contributed by atoms with E-state index in [0.29, 0.717) is 44.7 Å². The van der Waals surface area contributed by atoms with Gasteiger partial charge in [-0.3, -0.25) is 9.59 Å². The lowest BCUT2D eigenvalue weighted by Crippen LogP contribution is -2.43. The molecule has 0 aromatic heterocycles. The van der Waals surface area contributed by atoms with Crippen LogP contribution in [0.3, 0.4) is 0 Å². The van der Waals surface area contributed by atoms with Crippen molar-refractivity contribution in [3.8, 4) is 0 Å². The average Bonchev–Trinajstić information content (AvgIpc) is 2.84. The summed E-state index contributed by atoms with van der Waals surface area (Å²) in [7, 11) is 0. The van der Waals surface area contributed by atoms with Gasteiger partial charge in [-0.05, 0) is 31.9 Å². The molecule has 25 heavy (non-hydrogen) atoms. The summed E-state index contributed by atoms with van der Waals surface area (Å²) in [4.78, 5) is 38.7. The third-order valence-electron chi connectivity index (χ3n) is 4.18. The van der Waals surface area contributed by atoms with Crippen molar-refractivity contribution < 1.29 is 19.5 Å². The molecule has 2 N–H and O–H groups in total. The molecule has 0 atom stereocenters. The van der Waals surface area contributed by atoms with Crippen molar-refractivity contribution in [2.75, 3.05) is 32.7 Å². The second kappa shape index (κ2) is 9.05. The number of aryl methyl sites for hydroxylation is 1. The van der Waals surface area contributed by atoms with E-state index in [0.717, 1.165) is 12.0 Å². The van der Waals surface area contributed by atoms with Crippen molar-refractivity contribution in [1.29, 1.82) is 0 Å². The number of urea groups is 1.